The van der Waals surface area contributed by atoms with E-state index in [1.54, 1.807) is 12.1 Å². The fourth-order valence-electron chi connectivity index (χ4n) is 3.77. The van der Waals surface area contributed by atoms with Gasteiger partial charge in [-0.15, -0.1) is 11.8 Å². The summed E-state index contributed by atoms with van der Waals surface area (Å²) >= 11 is 1.44. The number of thioether (sulfide) groups is 1. The Morgan fingerprint density at radius 3 is 2.52 bits per heavy atom. The van der Waals surface area contributed by atoms with Crippen LogP contribution < -0.4 is 10.9 Å². The summed E-state index contributed by atoms with van der Waals surface area (Å²) in [7, 11) is 0. The number of amides is 1. The van der Waals surface area contributed by atoms with E-state index >= 15 is 0 Å². The Labute approximate surface area is 149 Å². The maximum Gasteiger partial charge on any atom is 0.270 e. The second-order valence-electron chi connectivity index (χ2n) is 6.70. The number of rotatable bonds is 2. The van der Waals surface area contributed by atoms with Gasteiger partial charge in [-0.25, -0.2) is 0 Å². The number of anilines is 1. The van der Waals surface area contributed by atoms with Gasteiger partial charge < -0.3 is 10.4 Å². The molecule has 132 valence electrons. The van der Waals surface area contributed by atoms with Crippen molar-refractivity contribution in [3.63, 3.8) is 0 Å². The molecule has 4 rings (SSSR count). The van der Waals surface area contributed by atoms with Gasteiger partial charge in [-0.1, -0.05) is 31.4 Å². The topological polar surface area (TPSA) is 87.1 Å². The molecule has 7 heteroatoms. The Balaban J connectivity index is 1.81. The maximum absolute atomic E-state index is 12.7. The summed E-state index contributed by atoms with van der Waals surface area (Å²) in [4.78, 5) is 25.0. The molecule has 2 aromatic rings. The van der Waals surface area contributed by atoms with Crippen molar-refractivity contribution >= 4 is 23.5 Å². The van der Waals surface area contributed by atoms with Crippen LogP contribution in [0.25, 0.3) is 0 Å². The third-order valence-electron chi connectivity index (χ3n) is 5.00. The number of H-pyrrole nitrogens is 1. The number of aromatic hydroxyl groups is 1. The first-order valence-corrected chi connectivity index (χ1v) is 9.73. The van der Waals surface area contributed by atoms with Gasteiger partial charge in [0.05, 0.1) is 22.6 Å². The van der Waals surface area contributed by atoms with Crippen molar-refractivity contribution in [1.82, 2.24) is 9.78 Å². The minimum atomic E-state index is -0.233. The second kappa shape index (κ2) is 6.63. The molecule has 1 unspecified atom stereocenters. The molecule has 0 saturated heterocycles. The normalized spacial score (nSPS) is 21.4. The lowest BCUT2D eigenvalue weighted by molar-refractivity contribution is -0.113. The van der Waals surface area contributed by atoms with E-state index in [4.69, 9.17) is 0 Å². The first kappa shape index (κ1) is 16.3. The van der Waals surface area contributed by atoms with Crippen molar-refractivity contribution in [2.75, 3.05) is 11.1 Å². The largest absolute Gasteiger partial charge is 0.508 e. The molecule has 1 atom stereocenters. The molecule has 1 amide bonds. The fraction of sp³-hybridized carbons (Fsp3) is 0.444. The molecule has 1 saturated carbocycles. The molecular weight excluding hydrogens is 338 g/mol. The Kier molecular flexibility index (Phi) is 4.33. The molecule has 6 nitrogen and oxygen atoms in total. The van der Waals surface area contributed by atoms with Gasteiger partial charge in [-0.3, -0.25) is 19.4 Å². The summed E-state index contributed by atoms with van der Waals surface area (Å²) in [6.07, 6.45) is 5.55. The van der Waals surface area contributed by atoms with Crippen LogP contribution in [0.4, 0.5) is 5.82 Å². The zero-order chi connectivity index (χ0) is 17.4. The predicted molar refractivity (Wildman–Crippen MR) is 98.2 cm³/mol. The smallest absolute Gasteiger partial charge is 0.270 e. The minimum Gasteiger partial charge on any atom is -0.508 e. The molecule has 0 spiro atoms. The molecule has 0 bridgehead atoms. The van der Waals surface area contributed by atoms with Crippen molar-refractivity contribution in [2.45, 2.75) is 43.4 Å². The standard InChI is InChI=1S/C18H21N3O3S/c22-13-8-6-11(7-9-13)16-15-17(19-14(23)10-25-16)21(20-18(15)24)12-4-2-1-3-5-12/h6-9,12,16,22H,1-5,10H2,(H,19,23)(H,20,24). The fourth-order valence-corrected chi connectivity index (χ4v) is 4.89. The highest BCUT2D eigenvalue weighted by Gasteiger charge is 2.32. The number of nitrogens with one attached hydrogen (secondary N) is 2. The quantitative estimate of drug-likeness (QED) is 0.769. The van der Waals surface area contributed by atoms with Gasteiger partial charge in [0.1, 0.15) is 11.6 Å². The number of fused-ring (bicyclic) bond motifs is 1. The summed E-state index contributed by atoms with van der Waals surface area (Å²) in [5.41, 5.74) is 1.37. The average molecular weight is 359 g/mol. The van der Waals surface area contributed by atoms with E-state index in [1.807, 2.05) is 16.8 Å². The van der Waals surface area contributed by atoms with Crippen LogP contribution in [-0.4, -0.2) is 26.5 Å². The van der Waals surface area contributed by atoms with E-state index in [1.165, 1.54) is 18.2 Å². The van der Waals surface area contributed by atoms with Crippen molar-refractivity contribution in [2.24, 2.45) is 0 Å². The molecule has 2 heterocycles. The molecule has 25 heavy (non-hydrogen) atoms. The van der Waals surface area contributed by atoms with Crippen LogP contribution in [0.15, 0.2) is 29.1 Å². The molecule has 1 fully saturated rings. The molecule has 0 radical (unpaired) electrons. The predicted octanol–water partition coefficient (Wildman–Crippen LogP) is 3.16. The number of nitrogens with zero attached hydrogens (tertiary/aromatic N) is 1. The van der Waals surface area contributed by atoms with Crippen LogP contribution in [0.2, 0.25) is 0 Å². The summed E-state index contributed by atoms with van der Waals surface area (Å²) in [5, 5.41) is 15.2. The number of carbonyl (C=O) groups excluding carboxylic acids is 1. The van der Waals surface area contributed by atoms with E-state index in [0.717, 1.165) is 31.2 Å². The number of phenols is 1. The van der Waals surface area contributed by atoms with E-state index in [-0.39, 0.29) is 28.5 Å². The van der Waals surface area contributed by atoms with Crippen molar-refractivity contribution in [3.8, 4) is 5.75 Å². The minimum absolute atomic E-state index is 0.0870. The number of aromatic amines is 1. The Hall–Kier alpha value is -2.15. The second-order valence-corrected chi connectivity index (χ2v) is 7.79. The lowest BCUT2D eigenvalue weighted by atomic mass is 9.95. The number of hydrogen-bond acceptors (Lipinski definition) is 4. The summed E-state index contributed by atoms with van der Waals surface area (Å²) in [5.74, 6) is 1.01. The van der Waals surface area contributed by atoms with E-state index < -0.39 is 0 Å². The number of phenolic OH excluding ortho intramolecular Hbond substituents is 1. The van der Waals surface area contributed by atoms with Crippen molar-refractivity contribution in [1.29, 1.82) is 0 Å². The van der Waals surface area contributed by atoms with Crippen LogP contribution in [0.1, 0.15) is 54.5 Å². The van der Waals surface area contributed by atoms with E-state index in [9.17, 15) is 14.7 Å². The van der Waals surface area contributed by atoms with Crippen LogP contribution in [0, 0.1) is 0 Å². The lowest BCUT2D eigenvalue weighted by Crippen LogP contribution is -2.21. The molecule has 3 N–H and O–H groups in total. The molecule has 1 aromatic heterocycles. The van der Waals surface area contributed by atoms with Gasteiger partial charge in [-0.05, 0) is 30.5 Å². The molecular formula is C18H21N3O3S. The Morgan fingerprint density at radius 1 is 1.08 bits per heavy atom. The third kappa shape index (κ3) is 3.08. The SMILES string of the molecule is O=C1CSC(c2ccc(O)cc2)c2c(n(C3CCCCC3)[nH]c2=O)N1. The summed E-state index contributed by atoms with van der Waals surface area (Å²) in [6, 6.07) is 7.08. The van der Waals surface area contributed by atoms with Gasteiger partial charge in [-0.2, -0.15) is 0 Å². The van der Waals surface area contributed by atoms with Crippen LogP contribution in [0.5, 0.6) is 5.75 Å². The first-order valence-electron chi connectivity index (χ1n) is 8.68. The van der Waals surface area contributed by atoms with Gasteiger partial charge in [0.2, 0.25) is 5.91 Å². The monoisotopic (exact) mass is 359 g/mol. The third-order valence-corrected chi connectivity index (χ3v) is 6.27. The lowest BCUT2D eigenvalue weighted by Gasteiger charge is -2.24. The number of carbonyl (C=O) groups is 1. The maximum atomic E-state index is 12.7. The number of aromatic nitrogens is 2. The zero-order valence-corrected chi connectivity index (χ0v) is 14.6. The van der Waals surface area contributed by atoms with Crippen molar-refractivity contribution < 1.29 is 9.90 Å². The Bertz CT molecular complexity index is 834. The van der Waals surface area contributed by atoms with Crippen LogP contribution in [-0.2, 0) is 4.79 Å². The van der Waals surface area contributed by atoms with Gasteiger partial charge in [0.15, 0.2) is 0 Å². The van der Waals surface area contributed by atoms with E-state index in [2.05, 4.69) is 10.4 Å². The highest BCUT2D eigenvalue weighted by atomic mass is 32.2. The molecule has 1 aromatic carbocycles. The highest BCUT2D eigenvalue weighted by molar-refractivity contribution is 8.00. The molecule has 2 aliphatic rings. The van der Waals surface area contributed by atoms with Gasteiger partial charge in [0, 0.05) is 0 Å². The molecule has 1 aliphatic heterocycles. The highest BCUT2D eigenvalue weighted by Crippen LogP contribution is 2.41. The average Bonchev–Trinajstić information content (AvgIpc) is 2.83. The summed E-state index contributed by atoms with van der Waals surface area (Å²) < 4.78 is 1.88. The van der Waals surface area contributed by atoms with Crippen molar-refractivity contribution in [3.05, 3.63) is 45.7 Å². The van der Waals surface area contributed by atoms with E-state index in [0.29, 0.717) is 17.1 Å². The van der Waals surface area contributed by atoms with Crippen LogP contribution >= 0.6 is 11.8 Å². The van der Waals surface area contributed by atoms with Gasteiger partial charge in [0.25, 0.3) is 5.56 Å². The first-order chi connectivity index (χ1) is 12.1. The Morgan fingerprint density at radius 2 is 1.80 bits per heavy atom. The zero-order valence-electron chi connectivity index (χ0n) is 13.8. The molecule has 1 aliphatic carbocycles. The van der Waals surface area contributed by atoms with Crippen LogP contribution in [0.3, 0.4) is 0 Å². The van der Waals surface area contributed by atoms with Gasteiger partial charge >= 0.3 is 0 Å². The number of hydrogen-bond donors (Lipinski definition) is 3. The summed E-state index contributed by atoms with van der Waals surface area (Å²) in [6.45, 7) is 0. The number of benzene rings is 1.